The number of benzene rings is 1. The summed E-state index contributed by atoms with van der Waals surface area (Å²) < 4.78 is 9.15. The molecule has 8 heterocycles. The van der Waals surface area contributed by atoms with E-state index in [1.807, 2.05) is 12.3 Å². The Morgan fingerprint density at radius 3 is 2.51 bits per heavy atom. The highest BCUT2D eigenvalue weighted by atomic mass is 32.1. The Morgan fingerprint density at radius 1 is 0.641 bits per heavy atom. The largest absolute Gasteiger partial charge is 0.419 e. The van der Waals surface area contributed by atoms with Gasteiger partial charge in [-0.3, -0.25) is 9.97 Å². The van der Waals surface area contributed by atoms with Crippen LogP contribution in [-0.4, -0.2) is 49.4 Å². The maximum Gasteiger partial charge on any atom is 0.233 e. The second kappa shape index (κ2) is 7.52. The summed E-state index contributed by atoms with van der Waals surface area (Å²) in [7, 11) is 0. The highest BCUT2D eigenvalue weighted by Gasteiger charge is 2.23. The van der Waals surface area contributed by atoms with E-state index in [-0.39, 0.29) is 0 Å². The average Bonchev–Trinajstić information content (AvgIpc) is 3.66. The normalized spacial score (nSPS) is 12.1. The topological polar surface area (TPSA) is 134 Å². The van der Waals surface area contributed by atoms with Gasteiger partial charge in [-0.15, -0.1) is 11.3 Å². The number of thiophene rings is 1. The Kier molecular flexibility index (Phi) is 3.96. The standard InChI is InChI=1S/C27H12N10OS/c1-2-18-14(21-27(39-18)32-6-5-31-21)7-13(1)37-16-3-4-30-24(20(16)22-17(37)9-29-10-33-22)23-19-15-8-28-11-35-25(15)38-26(19)36-12-34-23/h1-12H. The van der Waals surface area contributed by atoms with E-state index >= 15 is 0 Å². The van der Waals surface area contributed by atoms with Crippen molar-refractivity contribution in [1.29, 1.82) is 0 Å². The maximum atomic E-state index is 5.89. The van der Waals surface area contributed by atoms with Gasteiger partial charge in [0.1, 0.15) is 46.2 Å². The minimum absolute atomic E-state index is 0.420. The van der Waals surface area contributed by atoms with Gasteiger partial charge in [-0.2, -0.15) is 0 Å². The molecular weight excluding hydrogens is 512 g/mol. The van der Waals surface area contributed by atoms with Crippen molar-refractivity contribution in [2.45, 2.75) is 0 Å². The van der Waals surface area contributed by atoms with Gasteiger partial charge < -0.3 is 8.98 Å². The van der Waals surface area contributed by atoms with Crippen LogP contribution in [0.2, 0.25) is 0 Å². The molecule has 12 heteroatoms. The van der Waals surface area contributed by atoms with Crippen molar-refractivity contribution in [3.05, 3.63) is 74.2 Å². The first-order chi connectivity index (χ1) is 19.3. The number of rotatable bonds is 2. The van der Waals surface area contributed by atoms with Crippen molar-refractivity contribution in [1.82, 2.24) is 49.4 Å². The number of furan rings is 1. The monoisotopic (exact) mass is 524 g/mol. The van der Waals surface area contributed by atoms with E-state index in [0.717, 1.165) is 53.4 Å². The Balaban J connectivity index is 1.39. The van der Waals surface area contributed by atoms with Crippen LogP contribution < -0.4 is 0 Å². The second-order valence-corrected chi connectivity index (χ2v) is 9.92. The predicted molar refractivity (Wildman–Crippen MR) is 147 cm³/mol. The molecule has 0 N–H and O–H groups in total. The van der Waals surface area contributed by atoms with Gasteiger partial charge in [0.25, 0.3) is 0 Å². The van der Waals surface area contributed by atoms with Crippen molar-refractivity contribution in [2.75, 3.05) is 0 Å². The third-order valence-corrected chi connectivity index (χ3v) is 7.93. The lowest BCUT2D eigenvalue weighted by atomic mass is 10.1. The highest BCUT2D eigenvalue weighted by molar-refractivity contribution is 7.25. The molecule has 0 fully saturated rings. The number of aromatic nitrogens is 10. The number of nitrogens with zero attached hydrogens (tertiary/aromatic N) is 10. The van der Waals surface area contributed by atoms with Crippen molar-refractivity contribution >= 4 is 75.9 Å². The van der Waals surface area contributed by atoms with Gasteiger partial charge >= 0.3 is 0 Å². The molecular formula is C27H12N10OS. The smallest absolute Gasteiger partial charge is 0.233 e. The predicted octanol–water partition coefficient (Wildman–Crippen LogP) is 5.27. The molecule has 0 atom stereocenters. The van der Waals surface area contributed by atoms with E-state index in [4.69, 9.17) is 14.4 Å². The molecule has 0 saturated carbocycles. The van der Waals surface area contributed by atoms with Gasteiger partial charge in [0.15, 0.2) is 0 Å². The third kappa shape index (κ3) is 2.77. The summed E-state index contributed by atoms with van der Waals surface area (Å²) >= 11 is 1.63. The Labute approximate surface area is 220 Å². The third-order valence-electron chi connectivity index (χ3n) is 6.86. The molecule has 0 aliphatic rings. The minimum Gasteiger partial charge on any atom is -0.419 e. The lowest BCUT2D eigenvalue weighted by Gasteiger charge is -2.08. The number of fused-ring (bicyclic) bond motifs is 9. The molecule has 0 spiro atoms. The molecule has 182 valence electrons. The first kappa shape index (κ1) is 20.6. The fourth-order valence-corrected chi connectivity index (χ4v) is 6.27. The van der Waals surface area contributed by atoms with Crippen LogP contribution in [0.1, 0.15) is 0 Å². The van der Waals surface area contributed by atoms with Gasteiger partial charge in [0.2, 0.25) is 11.4 Å². The molecule has 0 aliphatic heterocycles. The molecule has 0 unspecified atom stereocenters. The Hall–Kier alpha value is -5.49. The first-order valence-electron chi connectivity index (χ1n) is 11.9. The van der Waals surface area contributed by atoms with Crippen LogP contribution in [0, 0.1) is 0 Å². The first-order valence-corrected chi connectivity index (χ1v) is 12.7. The minimum atomic E-state index is 0.420. The second-order valence-electron chi connectivity index (χ2n) is 8.88. The molecule has 0 amide bonds. The Morgan fingerprint density at radius 2 is 1.51 bits per heavy atom. The van der Waals surface area contributed by atoms with E-state index in [0.29, 0.717) is 28.2 Å². The fraction of sp³-hybridized carbons (Fsp3) is 0. The summed E-state index contributed by atoms with van der Waals surface area (Å²) in [6.07, 6.45) is 13.2. The molecule has 8 aromatic heterocycles. The summed E-state index contributed by atoms with van der Waals surface area (Å²) in [5, 5.41) is 3.31. The Bertz CT molecular complexity index is 2430. The van der Waals surface area contributed by atoms with Crippen LogP contribution in [0.15, 0.2) is 78.6 Å². The lowest BCUT2D eigenvalue weighted by molar-refractivity contribution is 0.638. The van der Waals surface area contributed by atoms with Crippen LogP contribution in [0.5, 0.6) is 0 Å². The van der Waals surface area contributed by atoms with Crippen LogP contribution in [-0.2, 0) is 0 Å². The molecule has 11 nitrogen and oxygen atoms in total. The van der Waals surface area contributed by atoms with Crippen LogP contribution >= 0.6 is 11.3 Å². The van der Waals surface area contributed by atoms with Gasteiger partial charge in [-0.1, -0.05) is 0 Å². The summed E-state index contributed by atoms with van der Waals surface area (Å²) in [5.74, 6) is 0. The van der Waals surface area contributed by atoms with Crippen LogP contribution in [0.4, 0.5) is 0 Å². The zero-order valence-electron chi connectivity index (χ0n) is 19.7. The molecule has 0 aliphatic carbocycles. The van der Waals surface area contributed by atoms with Crippen molar-refractivity contribution in [3.63, 3.8) is 0 Å². The van der Waals surface area contributed by atoms with Crippen molar-refractivity contribution in [2.24, 2.45) is 0 Å². The van der Waals surface area contributed by atoms with E-state index < -0.39 is 0 Å². The fourth-order valence-electron chi connectivity index (χ4n) is 5.29. The molecule has 39 heavy (non-hydrogen) atoms. The molecule has 0 radical (unpaired) electrons. The van der Waals surface area contributed by atoms with Crippen LogP contribution in [0.25, 0.3) is 81.6 Å². The molecule has 1 aromatic carbocycles. The lowest BCUT2D eigenvalue weighted by Crippen LogP contribution is -1.95. The van der Waals surface area contributed by atoms with Gasteiger partial charge in [-0.25, -0.2) is 34.9 Å². The van der Waals surface area contributed by atoms with Gasteiger partial charge in [0, 0.05) is 40.6 Å². The highest BCUT2D eigenvalue weighted by Crippen LogP contribution is 2.40. The summed E-state index contributed by atoms with van der Waals surface area (Å²) in [4.78, 5) is 41.2. The number of pyridine rings is 1. The SMILES string of the molecule is c1cc2c(c(-c3ncnc4oc5ncncc5c34)n1)c1ncncc1n2-c1ccc2sc3nccnc3c2c1. The summed E-state index contributed by atoms with van der Waals surface area (Å²) in [6, 6.07) is 8.31. The van der Waals surface area contributed by atoms with Crippen LogP contribution in [0.3, 0.4) is 0 Å². The van der Waals surface area contributed by atoms with E-state index in [1.165, 1.54) is 12.7 Å². The number of hydrogen-bond acceptors (Lipinski definition) is 11. The van der Waals surface area contributed by atoms with E-state index in [2.05, 4.69) is 57.7 Å². The molecule has 9 aromatic rings. The zero-order valence-corrected chi connectivity index (χ0v) is 20.5. The maximum absolute atomic E-state index is 5.89. The summed E-state index contributed by atoms with van der Waals surface area (Å²) in [5.41, 5.74) is 6.49. The average molecular weight is 525 g/mol. The zero-order chi connectivity index (χ0) is 25.5. The van der Waals surface area contributed by atoms with E-state index in [9.17, 15) is 0 Å². The summed E-state index contributed by atoms with van der Waals surface area (Å²) in [6.45, 7) is 0. The van der Waals surface area contributed by atoms with Crippen molar-refractivity contribution < 1.29 is 4.42 Å². The van der Waals surface area contributed by atoms with Crippen molar-refractivity contribution in [3.8, 4) is 17.1 Å². The number of hydrogen-bond donors (Lipinski definition) is 0. The molecule has 0 saturated heterocycles. The van der Waals surface area contributed by atoms with E-state index in [1.54, 1.807) is 42.5 Å². The van der Waals surface area contributed by atoms with Gasteiger partial charge in [0.05, 0.1) is 33.4 Å². The molecule has 0 bridgehead atoms. The quantitative estimate of drug-likeness (QED) is 0.294. The van der Waals surface area contributed by atoms with Gasteiger partial charge in [-0.05, 0) is 24.3 Å². The molecule has 9 rings (SSSR count).